The van der Waals surface area contributed by atoms with Crippen LogP contribution in [0, 0.1) is 5.92 Å². The van der Waals surface area contributed by atoms with Crippen LogP contribution in [0.2, 0.25) is 0 Å². The van der Waals surface area contributed by atoms with Crippen LogP contribution in [0.25, 0.3) is 0 Å². The van der Waals surface area contributed by atoms with Gasteiger partial charge in [-0.05, 0) is 59.8 Å². The van der Waals surface area contributed by atoms with Gasteiger partial charge in [0, 0.05) is 13.1 Å². The molecular formula is C15H27NO2. The van der Waals surface area contributed by atoms with Gasteiger partial charge in [-0.15, -0.1) is 0 Å². The second-order valence-corrected chi connectivity index (χ2v) is 6.45. The van der Waals surface area contributed by atoms with Crippen molar-refractivity contribution in [2.24, 2.45) is 5.92 Å². The summed E-state index contributed by atoms with van der Waals surface area (Å²) in [6.07, 6.45) is 5.47. The summed E-state index contributed by atoms with van der Waals surface area (Å²) in [5.41, 5.74) is 0.952. The van der Waals surface area contributed by atoms with Crippen molar-refractivity contribution in [1.82, 2.24) is 4.90 Å². The average molecular weight is 253 g/mol. The van der Waals surface area contributed by atoms with Crippen LogP contribution in [0.5, 0.6) is 0 Å². The number of ether oxygens (including phenoxy) is 1. The second kappa shape index (κ2) is 6.26. The number of hydrogen-bond acceptors (Lipinski definition) is 2. The fourth-order valence-electron chi connectivity index (χ4n) is 2.15. The lowest BCUT2D eigenvalue weighted by Crippen LogP contribution is -2.42. The standard InChI is InChI=1S/C15H27NO2/c1-12(2)8-9-13-7-6-10-16(11-13)14(17)18-15(3,4)5/h8,13H,6-7,9-11H2,1-5H3. The van der Waals surface area contributed by atoms with E-state index < -0.39 is 5.60 Å². The van der Waals surface area contributed by atoms with E-state index in [0.717, 1.165) is 25.9 Å². The normalized spacial score (nSPS) is 20.5. The van der Waals surface area contributed by atoms with Gasteiger partial charge < -0.3 is 9.64 Å². The molecule has 0 aromatic heterocycles. The largest absolute Gasteiger partial charge is 0.444 e. The molecule has 0 radical (unpaired) electrons. The lowest BCUT2D eigenvalue weighted by molar-refractivity contribution is 0.0167. The van der Waals surface area contributed by atoms with Crippen LogP contribution in [0.4, 0.5) is 4.79 Å². The van der Waals surface area contributed by atoms with Crippen LogP contribution in [0.15, 0.2) is 11.6 Å². The first-order valence-electron chi connectivity index (χ1n) is 6.89. The maximum atomic E-state index is 12.0. The van der Waals surface area contributed by atoms with Crippen LogP contribution in [0.1, 0.15) is 53.9 Å². The number of amides is 1. The van der Waals surface area contributed by atoms with Crippen molar-refractivity contribution in [3.8, 4) is 0 Å². The monoisotopic (exact) mass is 253 g/mol. The van der Waals surface area contributed by atoms with E-state index in [-0.39, 0.29) is 6.09 Å². The van der Waals surface area contributed by atoms with Crippen LogP contribution < -0.4 is 0 Å². The summed E-state index contributed by atoms with van der Waals surface area (Å²) in [4.78, 5) is 13.8. The van der Waals surface area contributed by atoms with E-state index in [0.29, 0.717) is 5.92 Å². The number of carbonyl (C=O) groups is 1. The Labute approximate surface area is 111 Å². The first kappa shape index (κ1) is 15.1. The summed E-state index contributed by atoms with van der Waals surface area (Å²) in [7, 11) is 0. The van der Waals surface area contributed by atoms with Crippen molar-refractivity contribution < 1.29 is 9.53 Å². The fourth-order valence-corrected chi connectivity index (χ4v) is 2.15. The topological polar surface area (TPSA) is 29.5 Å². The third-order valence-electron chi connectivity index (χ3n) is 3.03. The smallest absolute Gasteiger partial charge is 0.410 e. The zero-order valence-electron chi connectivity index (χ0n) is 12.5. The summed E-state index contributed by atoms with van der Waals surface area (Å²) in [6.45, 7) is 11.6. The summed E-state index contributed by atoms with van der Waals surface area (Å²) >= 11 is 0. The zero-order chi connectivity index (χ0) is 13.8. The maximum absolute atomic E-state index is 12.0. The van der Waals surface area contributed by atoms with Gasteiger partial charge in [0.25, 0.3) is 0 Å². The molecule has 1 amide bonds. The fraction of sp³-hybridized carbons (Fsp3) is 0.800. The Balaban J connectivity index is 2.48. The zero-order valence-corrected chi connectivity index (χ0v) is 12.5. The highest BCUT2D eigenvalue weighted by molar-refractivity contribution is 5.68. The molecule has 1 heterocycles. The van der Waals surface area contributed by atoms with E-state index in [9.17, 15) is 4.79 Å². The number of allylic oxidation sites excluding steroid dienone is 2. The van der Waals surface area contributed by atoms with E-state index >= 15 is 0 Å². The van der Waals surface area contributed by atoms with E-state index in [2.05, 4.69) is 19.9 Å². The number of piperidine rings is 1. The Morgan fingerprint density at radius 1 is 1.39 bits per heavy atom. The van der Waals surface area contributed by atoms with Crippen LogP contribution in [-0.4, -0.2) is 29.7 Å². The van der Waals surface area contributed by atoms with Crippen molar-refractivity contribution in [2.75, 3.05) is 13.1 Å². The molecular weight excluding hydrogens is 226 g/mol. The summed E-state index contributed by atoms with van der Waals surface area (Å²) in [5.74, 6) is 0.584. The lowest BCUT2D eigenvalue weighted by atomic mass is 9.94. The summed E-state index contributed by atoms with van der Waals surface area (Å²) in [6, 6.07) is 0. The maximum Gasteiger partial charge on any atom is 0.410 e. The predicted molar refractivity (Wildman–Crippen MR) is 74.6 cm³/mol. The Kier molecular flexibility index (Phi) is 5.24. The molecule has 0 spiro atoms. The molecule has 1 fully saturated rings. The first-order chi connectivity index (χ1) is 8.28. The van der Waals surface area contributed by atoms with Crippen LogP contribution in [0.3, 0.4) is 0 Å². The van der Waals surface area contributed by atoms with Gasteiger partial charge in [-0.3, -0.25) is 0 Å². The quantitative estimate of drug-likeness (QED) is 0.696. The minimum absolute atomic E-state index is 0.163. The highest BCUT2D eigenvalue weighted by Gasteiger charge is 2.26. The molecule has 1 saturated heterocycles. The van der Waals surface area contributed by atoms with Gasteiger partial charge in [-0.25, -0.2) is 4.79 Å². The number of rotatable bonds is 2. The molecule has 3 nitrogen and oxygen atoms in total. The van der Waals surface area contributed by atoms with Gasteiger partial charge in [0.1, 0.15) is 5.60 Å². The summed E-state index contributed by atoms with van der Waals surface area (Å²) in [5, 5.41) is 0. The van der Waals surface area contributed by atoms with Gasteiger partial charge in [0.2, 0.25) is 0 Å². The molecule has 1 aliphatic rings. The third kappa shape index (κ3) is 5.56. The van der Waals surface area contributed by atoms with Crippen molar-refractivity contribution in [3.63, 3.8) is 0 Å². The number of likely N-dealkylation sites (tertiary alicyclic amines) is 1. The van der Waals surface area contributed by atoms with Gasteiger partial charge >= 0.3 is 6.09 Å². The Bertz CT molecular complexity index is 311. The van der Waals surface area contributed by atoms with E-state index in [1.165, 1.54) is 12.0 Å². The van der Waals surface area contributed by atoms with Crippen LogP contribution in [-0.2, 0) is 4.74 Å². The SMILES string of the molecule is CC(C)=CCC1CCCN(C(=O)OC(C)(C)C)C1. The van der Waals surface area contributed by atoms with Gasteiger partial charge in [-0.1, -0.05) is 11.6 Å². The van der Waals surface area contributed by atoms with E-state index in [1.54, 1.807) is 0 Å². The molecule has 0 saturated carbocycles. The van der Waals surface area contributed by atoms with Crippen molar-refractivity contribution in [1.29, 1.82) is 0 Å². The molecule has 0 bridgehead atoms. The van der Waals surface area contributed by atoms with E-state index in [1.807, 2.05) is 25.7 Å². The minimum atomic E-state index is -0.399. The first-order valence-corrected chi connectivity index (χ1v) is 6.89. The molecule has 0 N–H and O–H groups in total. The Morgan fingerprint density at radius 2 is 2.06 bits per heavy atom. The highest BCUT2D eigenvalue weighted by atomic mass is 16.6. The molecule has 1 aliphatic heterocycles. The second-order valence-electron chi connectivity index (χ2n) is 6.45. The van der Waals surface area contributed by atoms with Crippen molar-refractivity contribution in [3.05, 3.63) is 11.6 Å². The Morgan fingerprint density at radius 3 is 2.61 bits per heavy atom. The molecule has 18 heavy (non-hydrogen) atoms. The predicted octanol–water partition coefficient (Wildman–Crippen LogP) is 3.99. The van der Waals surface area contributed by atoms with Crippen molar-refractivity contribution in [2.45, 2.75) is 59.5 Å². The third-order valence-corrected chi connectivity index (χ3v) is 3.03. The molecule has 1 unspecified atom stereocenters. The van der Waals surface area contributed by atoms with Gasteiger partial charge in [-0.2, -0.15) is 0 Å². The number of nitrogens with zero attached hydrogens (tertiary/aromatic N) is 1. The Hall–Kier alpha value is -0.990. The van der Waals surface area contributed by atoms with Crippen molar-refractivity contribution >= 4 is 6.09 Å². The minimum Gasteiger partial charge on any atom is -0.444 e. The number of carbonyl (C=O) groups excluding carboxylic acids is 1. The molecule has 1 atom stereocenters. The van der Waals surface area contributed by atoms with E-state index in [4.69, 9.17) is 4.74 Å². The number of hydrogen-bond donors (Lipinski definition) is 0. The van der Waals surface area contributed by atoms with Gasteiger partial charge in [0.05, 0.1) is 0 Å². The molecule has 3 heteroatoms. The molecule has 0 aliphatic carbocycles. The lowest BCUT2D eigenvalue weighted by Gasteiger charge is -2.33. The molecule has 0 aromatic carbocycles. The molecule has 1 rings (SSSR count). The summed E-state index contributed by atoms with van der Waals surface area (Å²) < 4.78 is 5.42. The van der Waals surface area contributed by atoms with Crippen LogP contribution >= 0.6 is 0 Å². The molecule has 0 aromatic rings. The van der Waals surface area contributed by atoms with Gasteiger partial charge in [0.15, 0.2) is 0 Å². The highest BCUT2D eigenvalue weighted by Crippen LogP contribution is 2.22. The molecule has 104 valence electrons. The average Bonchev–Trinajstić information content (AvgIpc) is 2.24.